The van der Waals surface area contributed by atoms with E-state index in [1.807, 2.05) is 19.1 Å². The highest BCUT2D eigenvalue weighted by atomic mass is 32.2. The Bertz CT molecular complexity index is 475. The Balaban J connectivity index is 2.07. The SMILES string of the molecule is Cc1ccc(S(=O)(=O)C(C)CNC2CC2)cc1. The summed E-state index contributed by atoms with van der Waals surface area (Å²) in [5, 5.41) is 2.89. The van der Waals surface area contributed by atoms with Crippen molar-refractivity contribution in [1.82, 2.24) is 5.32 Å². The number of nitrogens with one attached hydrogen (secondary N) is 1. The predicted molar refractivity (Wildman–Crippen MR) is 68.9 cm³/mol. The molecule has 1 saturated carbocycles. The Morgan fingerprint density at radius 3 is 2.41 bits per heavy atom. The van der Waals surface area contributed by atoms with Crippen molar-refractivity contribution in [2.75, 3.05) is 6.54 Å². The van der Waals surface area contributed by atoms with Gasteiger partial charge in [0.05, 0.1) is 10.1 Å². The second-order valence-corrected chi connectivity index (χ2v) is 7.22. The maximum absolute atomic E-state index is 12.2. The molecule has 1 aliphatic rings. The van der Waals surface area contributed by atoms with Crippen LogP contribution in [0.4, 0.5) is 0 Å². The average Bonchev–Trinajstić information content (AvgIpc) is 3.10. The van der Waals surface area contributed by atoms with Crippen LogP contribution in [-0.4, -0.2) is 26.3 Å². The standard InChI is InChI=1S/C13H19NO2S/c1-10-3-7-13(8-4-10)17(15,16)11(2)9-14-12-5-6-12/h3-4,7-8,11-12,14H,5-6,9H2,1-2H3. The van der Waals surface area contributed by atoms with Crippen LogP contribution in [0.5, 0.6) is 0 Å². The van der Waals surface area contributed by atoms with Crippen molar-refractivity contribution in [2.24, 2.45) is 0 Å². The highest BCUT2D eigenvalue weighted by molar-refractivity contribution is 7.92. The Kier molecular flexibility index (Phi) is 3.54. The molecule has 0 radical (unpaired) electrons. The van der Waals surface area contributed by atoms with Crippen molar-refractivity contribution in [3.05, 3.63) is 29.8 Å². The van der Waals surface area contributed by atoms with E-state index >= 15 is 0 Å². The van der Waals surface area contributed by atoms with E-state index < -0.39 is 9.84 Å². The molecule has 1 atom stereocenters. The lowest BCUT2D eigenvalue weighted by molar-refractivity contribution is 0.571. The van der Waals surface area contributed by atoms with E-state index in [2.05, 4.69) is 5.32 Å². The molecule has 0 aliphatic heterocycles. The first-order chi connectivity index (χ1) is 8.00. The third-order valence-electron chi connectivity index (χ3n) is 3.15. The molecule has 1 unspecified atom stereocenters. The van der Waals surface area contributed by atoms with E-state index in [0.29, 0.717) is 17.5 Å². The van der Waals surface area contributed by atoms with Crippen molar-refractivity contribution in [2.45, 2.75) is 42.9 Å². The smallest absolute Gasteiger partial charge is 0.182 e. The first-order valence-corrected chi connectivity index (χ1v) is 7.59. The third kappa shape index (κ3) is 3.07. The van der Waals surface area contributed by atoms with Crippen LogP contribution in [0, 0.1) is 6.92 Å². The fraction of sp³-hybridized carbons (Fsp3) is 0.538. The molecule has 1 fully saturated rings. The van der Waals surface area contributed by atoms with Gasteiger partial charge in [-0.05, 0) is 38.8 Å². The van der Waals surface area contributed by atoms with Gasteiger partial charge >= 0.3 is 0 Å². The number of rotatable bonds is 5. The first kappa shape index (κ1) is 12.6. The van der Waals surface area contributed by atoms with Crippen molar-refractivity contribution in [3.8, 4) is 0 Å². The van der Waals surface area contributed by atoms with Crippen molar-refractivity contribution >= 4 is 9.84 Å². The molecule has 0 saturated heterocycles. The van der Waals surface area contributed by atoms with Crippen molar-refractivity contribution in [1.29, 1.82) is 0 Å². The van der Waals surface area contributed by atoms with Crippen LogP contribution in [0.3, 0.4) is 0 Å². The molecule has 0 heterocycles. The number of benzene rings is 1. The van der Waals surface area contributed by atoms with Crippen LogP contribution in [0.15, 0.2) is 29.2 Å². The highest BCUT2D eigenvalue weighted by Crippen LogP contribution is 2.20. The molecular weight excluding hydrogens is 234 g/mol. The maximum atomic E-state index is 12.2. The zero-order valence-electron chi connectivity index (χ0n) is 10.3. The van der Waals surface area contributed by atoms with Gasteiger partial charge in [-0.25, -0.2) is 8.42 Å². The first-order valence-electron chi connectivity index (χ1n) is 6.04. The van der Waals surface area contributed by atoms with Gasteiger partial charge in [0.1, 0.15) is 0 Å². The molecular formula is C13H19NO2S. The second kappa shape index (κ2) is 4.78. The summed E-state index contributed by atoms with van der Waals surface area (Å²) in [4.78, 5) is 0.424. The van der Waals surface area contributed by atoms with E-state index in [1.165, 1.54) is 12.8 Å². The molecule has 0 aromatic heterocycles. The number of hydrogen-bond acceptors (Lipinski definition) is 3. The lowest BCUT2D eigenvalue weighted by Gasteiger charge is -2.13. The molecule has 17 heavy (non-hydrogen) atoms. The molecule has 1 N–H and O–H groups in total. The maximum Gasteiger partial charge on any atom is 0.182 e. The summed E-state index contributed by atoms with van der Waals surface area (Å²) < 4.78 is 24.5. The summed E-state index contributed by atoms with van der Waals surface area (Å²) in [6.45, 7) is 4.26. The van der Waals surface area contributed by atoms with Gasteiger partial charge in [0, 0.05) is 12.6 Å². The fourth-order valence-electron chi connectivity index (χ4n) is 1.69. The minimum absolute atomic E-state index is 0.370. The Morgan fingerprint density at radius 1 is 1.29 bits per heavy atom. The second-order valence-electron chi connectivity index (χ2n) is 4.85. The molecule has 94 valence electrons. The predicted octanol–water partition coefficient (Wildman–Crippen LogP) is 1.91. The third-order valence-corrected chi connectivity index (χ3v) is 5.31. The largest absolute Gasteiger partial charge is 0.313 e. The number of aryl methyl sites for hydroxylation is 1. The minimum atomic E-state index is -3.19. The van der Waals surface area contributed by atoms with E-state index in [0.717, 1.165) is 5.56 Å². The Labute approximate surface area is 103 Å². The van der Waals surface area contributed by atoms with Crippen molar-refractivity contribution < 1.29 is 8.42 Å². The summed E-state index contributed by atoms with van der Waals surface area (Å²) in [5.74, 6) is 0. The average molecular weight is 253 g/mol. The monoisotopic (exact) mass is 253 g/mol. The van der Waals surface area contributed by atoms with Gasteiger partial charge < -0.3 is 5.32 Å². The zero-order chi connectivity index (χ0) is 12.5. The van der Waals surface area contributed by atoms with Gasteiger partial charge in [0.2, 0.25) is 0 Å². The fourth-order valence-corrected chi connectivity index (χ4v) is 2.99. The molecule has 0 bridgehead atoms. The van der Waals surface area contributed by atoms with Crippen LogP contribution < -0.4 is 5.32 Å². The molecule has 4 heteroatoms. The molecule has 3 nitrogen and oxygen atoms in total. The summed E-state index contributed by atoms with van der Waals surface area (Å²) in [7, 11) is -3.19. The summed E-state index contributed by atoms with van der Waals surface area (Å²) in [6, 6.07) is 7.61. The van der Waals surface area contributed by atoms with E-state index in [-0.39, 0.29) is 5.25 Å². The highest BCUT2D eigenvalue weighted by Gasteiger charge is 2.26. The molecule has 0 amide bonds. The van der Waals surface area contributed by atoms with Crippen LogP contribution in [0.25, 0.3) is 0 Å². The molecule has 2 rings (SSSR count). The van der Waals surface area contributed by atoms with Crippen LogP contribution in [0.2, 0.25) is 0 Å². The van der Waals surface area contributed by atoms with E-state index in [1.54, 1.807) is 19.1 Å². The van der Waals surface area contributed by atoms with Gasteiger partial charge in [0.15, 0.2) is 9.84 Å². The lowest BCUT2D eigenvalue weighted by atomic mass is 10.2. The molecule has 1 aromatic rings. The van der Waals surface area contributed by atoms with E-state index in [4.69, 9.17) is 0 Å². The van der Waals surface area contributed by atoms with Gasteiger partial charge in [-0.1, -0.05) is 17.7 Å². The topological polar surface area (TPSA) is 46.2 Å². The quantitative estimate of drug-likeness (QED) is 0.872. The van der Waals surface area contributed by atoms with Crippen molar-refractivity contribution in [3.63, 3.8) is 0 Å². The summed E-state index contributed by atoms with van der Waals surface area (Å²) in [5.41, 5.74) is 1.08. The number of sulfone groups is 1. The van der Waals surface area contributed by atoms with Crippen LogP contribution >= 0.6 is 0 Å². The van der Waals surface area contributed by atoms with Crippen LogP contribution in [-0.2, 0) is 9.84 Å². The number of hydrogen-bond donors (Lipinski definition) is 1. The summed E-state index contributed by atoms with van der Waals surface area (Å²) >= 11 is 0. The van der Waals surface area contributed by atoms with Crippen LogP contribution in [0.1, 0.15) is 25.3 Å². The lowest BCUT2D eigenvalue weighted by Crippen LogP contribution is -2.32. The molecule has 0 spiro atoms. The van der Waals surface area contributed by atoms with Gasteiger partial charge in [-0.3, -0.25) is 0 Å². The zero-order valence-corrected chi connectivity index (χ0v) is 11.1. The minimum Gasteiger partial charge on any atom is -0.313 e. The van der Waals surface area contributed by atoms with E-state index in [9.17, 15) is 8.42 Å². The van der Waals surface area contributed by atoms with Gasteiger partial charge in [-0.15, -0.1) is 0 Å². The molecule has 1 aliphatic carbocycles. The van der Waals surface area contributed by atoms with Gasteiger partial charge in [0.25, 0.3) is 0 Å². The Morgan fingerprint density at radius 2 is 1.88 bits per heavy atom. The summed E-state index contributed by atoms with van der Waals surface area (Å²) in [6.07, 6.45) is 2.36. The Hall–Kier alpha value is -0.870. The van der Waals surface area contributed by atoms with Gasteiger partial charge in [-0.2, -0.15) is 0 Å². The molecule has 1 aromatic carbocycles. The normalized spacial score (nSPS) is 18.0.